The smallest absolute Gasteiger partial charge is 0.320 e. The second-order valence-electron chi connectivity index (χ2n) is 3.27. The summed E-state index contributed by atoms with van der Waals surface area (Å²) in [6.07, 6.45) is 0. The van der Waals surface area contributed by atoms with Crippen molar-refractivity contribution in [1.29, 1.82) is 0 Å². The number of ether oxygens (including phenoxy) is 1. The first kappa shape index (κ1) is 13.9. The second kappa shape index (κ2) is 7.19. The number of nitrogens with one attached hydrogen (secondary N) is 1. The summed E-state index contributed by atoms with van der Waals surface area (Å²) in [5.74, 6) is -1.15. The van der Waals surface area contributed by atoms with Crippen LogP contribution in [0.1, 0.15) is 6.92 Å². The van der Waals surface area contributed by atoms with E-state index in [9.17, 15) is 9.59 Å². The van der Waals surface area contributed by atoms with Gasteiger partial charge < -0.3 is 15.2 Å². The normalized spacial score (nSPS) is 12.5. The highest BCUT2D eigenvalue weighted by atomic mass is 16.5. The fourth-order valence-corrected chi connectivity index (χ4v) is 0.900. The fourth-order valence-electron chi connectivity index (χ4n) is 0.900. The van der Waals surface area contributed by atoms with E-state index < -0.39 is 12.0 Å². The Morgan fingerprint density at radius 2 is 2.13 bits per heavy atom. The van der Waals surface area contributed by atoms with Crippen LogP contribution in [0.5, 0.6) is 0 Å². The molecule has 0 bridgehead atoms. The predicted octanol–water partition coefficient (Wildman–Crippen LogP) is -0.846. The first-order chi connectivity index (χ1) is 6.99. The number of carboxylic acids is 1. The number of carbonyl (C=O) groups is 2. The third-order valence-corrected chi connectivity index (χ3v) is 2.04. The summed E-state index contributed by atoms with van der Waals surface area (Å²) < 4.78 is 4.76. The number of hydrogen-bond acceptors (Lipinski definition) is 4. The molecule has 0 aromatic rings. The SMILES string of the molecule is COCCNC(=O)CN(C)C(C)C(=O)O. The Morgan fingerprint density at radius 1 is 1.53 bits per heavy atom. The number of amides is 1. The maximum absolute atomic E-state index is 11.3. The molecule has 0 spiro atoms. The van der Waals surface area contributed by atoms with Crippen molar-refractivity contribution in [3.8, 4) is 0 Å². The molecule has 15 heavy (non-hydrogen) atoms. The summed E-state index contributed by atoms with van der Waals surface area (Å²) in [6, 6.07) is -0.668. The minimum Gasteiger partial charge on any atom is -0.480 e. The van der Waals surface area contributed by atoms with Gasteiger partial charge in [-0.2, -0.15) is 0 Å². The van der Waals surface area contributed by atoms with Gasteiger partial charge in [0.1, 0.15) is 6.04 Å². The second-order valence-corrected chi connectivity index (χ2v) is 3.27. The van der Waals surface area contributed by atoms with Gasteiger partial charge in [-0.15, -0.1) is 0 Å². The Hall–Kier alpha value is -1.14. The summed E-state index contributed by atoms with van der Waals surface area (Å²) in [4.78, 5) is 23.3. The Morgan fingerprint density at radius 3 is 2.60 bits per heavy atom. The van der Waals surface area contributed by atoms with Crippen LogP contribution >= 0.6 is 0 Å². The van der Waals surface area contributed by atoms with Crippen LogP contribution in [0.15, 0.2) is 0 Å². The van der Waals surface area contributed by atoms with E-state index in [4.69, 9.17) is 9.84 Å². The van der Waals surface area contributed by atoms with Gasteiger partial charge in [-0.25, -0.2) is 0 Å². The highest BCUT2D eigenvalue weighted by molar-refractivity contribution is 5.79. The highest BCUT2D eigenvalue weighted by Crippen LogP contribution is 1.94. The van der Waals surface area contributed by atoms with Crippen LogP contribution in [0.4, 0.5) is 0 Å². The van der Waals surface area contributed by atoms with E-state index in [2.05, 4.69) is 5.32 Å². The molecule has 0 fully saturated rings. The number of hydrogen-bond donors (Lipinski definition) is 2. The molecule has 2 N–H and O–H groups in total. The maximum Gasteiger partial charge on any atom is 0.320 e. The summed E-state index contributed by atoms with van der Waals surface area (Å²) >= 11 is 0. The van der Waals surface area contributed by atoms with Gasteiger partial charge in [0.05, 0.1) is 13.2 Å². The topological polar surface area (TPSA) is 78.9 Å². The van der Waals surface area contributed by atoms with Gasteiger partial charge in [-0.05, 0) is 14.0 Å². The molecule has 0 aliphatic rings. The molecule has 0 aliphatic carbocycles. The van der Waals surface area contributed by atoms with E-state index in [0.717, 1.165) is 0 Å². The van der Waals surface area contributed by atoms with Crippen molar-refractivity contribution >= 4 is 11.9 Å². The summed E-state index contributed by atoms with van der Waals surface area (Å²) in [7, 11) is 3.14. The molecule has 1 unspecified atom stereocenters. The molecule has 0 radical (unpaired) electrons. The van der Waals surface area contributed by atoms with Crippen molar-refractivity contribution < 1.29 is 19.4 Å². The zero-order chi connectivity index (χ0) is 11.8. The van der Waals surface area contributed by atoms with Crippen molar-refractivity contribution in [2.45, 2.75) is 13.0 Å². The Bertz CT molecular complexity index is 220. The molecule has 6 nitrogen and oxygen atoms in total. The molecule has 0 saturated heterocycles. The number of likely N-dealkylation sites (N-methyl/N-ethyl adjacent to an activating group) is 1. The molecule has 0 rings (SSSR count). The number of methoxy groups -OCH3 is 1. The van der Waals surface area contributed by atoms with Crippen LogP contribution in [-0.2, 0) is 14.3 Å². The van der Waals surface area contributed by atoms with Crippen molar-refractivity contribution in [3.05, 3.63) is 0 Å². The van der Waals surface area contributed by atoms with E-state index in [1.165, 1.54) is 11.8 Å². The molecule has 0 aromatic heterocycles. The predicted molar refractivity (Wildman–Crippen MR) is 54.6 cm³/mol. The molecule has 0 saturated carbocycles. The zero-order valence-corrected chi connectivity index (χ0v) is 9.32. The highest BCUT2D eigenvalue weighted by Gasteiger charge is 2.18. The van der Waals surface area contributed by atoms with Gasteiger partial charge in [0, 0.05) is 13.7 Å². The van der Waals surface area contributed by atoms with Gasteiger partial charge in [0.15, 0.2) is 0 Å². The molecule has 1 atom stereocenters. The van der Waals surface area contributed by atoms with Gasteiger partial charge in [-0.3, -0.25) is 14.5 Å². The Kier molecular flexibility index (Phi) is 6.64. The number of carbonyl (C=O) groups excluding carboxylic acids is 1. The number of carboxylic acid groups (broad SMARTS) is 1. The largest absolute Gasteiger partial charge is 0.480 e. The molecule has 1 amide bonds. The summed E-state index contributed by atoms with van der Waals surface area (Å²) in [6.45, 7) is 2.48. The van der Waals surface area contributed by atoms with E-state index in [1.54, 1.807) is 14.2 Å². The Balaban J connectivity index is 3.80. The lowest BCUT2D eigenvalue weighted by Gasteiger charge is -2.20. The van der Waals surface area contributed by atoms with Gasteiger partial charge in [0.2, 0.25) is 5.91 Å². The standard InChI is InChI=1S/C9H18N2O4/c1-7(9(13)14)11(2)6-8(12)10-4-5-15-3/h7H,4-6H2,1-3H3,(H,10,12)(H,13,14). The summed E-state index contributed by atoms with van der Waals surface area (Å²) in [5.41, 5.74) is 0. The van der Waals surface area contributed by atoms with Crippen LogP contribution in [0.25, 0.3) is 0 Å². The van der Waals surface area contributed by atoms with Crippen molar-refractivity contribution in [1.82, 2.24) is 10.2 Å². The van der Waals surface area contributed by atoms with E-state index in [1.807, 2.05) is 0 Å². The van der Waals surface area contributed by atoms with Crippen LogP contribution in [0, 0.1) is 0 Å². The van der Waals surface area contributed by atoms with Crippen LogP contribution in [0.3, 0.4) is 0 Å². The lowest BCUT2D eigenvalue weighted by Crippen LogP contribution is -2.43. The molecular weight excluding hydrogens is 200 g/mol. The van der Waals surface area contributed by atoms with Crippen molar-refractivity contribution in [3.63, 3.8) is 0 Å². The first-order valence-corrected chi connectivity index (χ1v) is 4.67. The minimum absolute atomic E-state index is 0.0666. The monoisotopic (exact) mass is 218 g/mol. The first-order valence-electron chi connectivity index (χ1n) is 4.67. The minimum atomic E-state index is -0.942. The number of rotatable bonds is 7. The molecular formula is C9H18N2O4. The lowest BCUT2D eigenvalue weighted by atomic mass is 10.3. The van der Waals surface area contributed by atoms with Gasteiger partial charge >= 0.3 is 5.97 Å². The van der Waals surface area contributed by atoms with E-state index in [-0.39, 0.29) is 12.5 Å². The van der Waals surface area contributed by atoms with Crippen LogP contribution in [0.2, 0.25) is 0 Å². The van der Waals surface area contributed by atoms with E-state index in [0.29, 0.717) is 13.2 Å². The zero-order valence-electron chi connectivity index (χ0n) is 9.32. The third-order valence-electron chi connectivity index (χ3n) is 2.04. The fraction of sp³-hybridized carbons (Fsp3) is 0.778. The van der Waals surface area contributed by atoms with Crippen LogP contribution < -0.4 is 5.32 Å². The number of nitrogens with zero attached hydrogens (tertiary/aromatic N) is 1. The molecule has 0 heterocycles. The number of aliphatic carboxylic acids is 1. The van der Waals surface area contributed by atoms with Crippen LogP contribution in [-0.4, -0.2) is 61.8 Å². The van der Waals surface area contributed by atoms with Gasteiger partial charge in [0.25, 0.3) is 0 Å². The van der Waals surface area contributed by atoms with Gasteiger partial charge in [-0.1, -0.05) is 0 Å². The summed E-state index contributed by atoms with van der Waals surface area (Å²) in [5, 5.41) is 11.3. The molecule has 0 aromatic carbocycles. The molecule has 88 valence electrons. The Labute approximate surface area is 89.2 Å². The third kappa shape index (κ3) is 6.03. The van der Waals surface area contributed by atoms with Crippen molar-refractivity contribution in [2.24, 2.45) is 0 Å². The molecule has 6 heteroatoms. The van der Waals surface area contributed by atoms with Crippen molar-refractivity contribution in [2.75, 3.05) is 33.9 Å². The lowest BCUT2D eigenvalue weighted by molar-refractivity contribution is -0.142. The maximum atomic E-state index is 11.3. The van der Waals surface area contributed by atoms with E-state index >= 15 is 0 Å². The average Bonchev–Trinajstić information content (AvgIpc) is 2.16. The molecule has 0 aliphatic heterocycles. The average molecular weight is 218 g/mol. The quantitative estimate of drug-likeness (QED) is 0.544.